The fourth-order valence-corrected chi connectivity index (χ4v) is 1.48. The van der Waals surface area contributed by atoms with E-state index in [0.29, 0.717) is 6.42 Å². The summed E-state index contributed by atoms with van der Waals surface area (Å²) in [6.07, 6.45) is 2.41. The lowest BCUT2D eigenvalue weighted by molar-refractivity contribution is 0.0968. The molecule has 0 N–H and O–H groups in total. The van der Waals surface area contributed by atoms with Crippen molar-refractivity contribution in [1.82, 2.24) is 5.16 Å². The molecule has 58 valence electrons. The molecular weight excluding hydrogens is 142 g/mol. The van der Waals surface area contributed by atoms with Gasteiger partial charge in [-0.25, -0.2) is 0 Å². The van der Waals surface area contributed by atoms with Crippen molar-refractivity contribution in [1.29, 1.82) is 0 Å². The summed E-state index contributed by atoms with van der Waals surface area (Å²) >= 11 is 0. The molecule has 2 rings (SSSR count). The van der Waals surface area contributed by atoms with Crippen LogP contribution < -0.4 is 0 Å². The zero-order valence-corrected chi connectivity index (χ0v) is 6.39. The van der Waals surface area contributed by atoms with E-state index in [4.69, 9.17) is 4.52 Å². The number of carbonyl (C=O) groups excluding carboxylic acids is 1. The van der Waals surface area contributed by atoms with Crippen LogP contribution in [0.1, 0.15) is 34.7 Å². The van der Waals surface area contributed by atoms with Crippen LogP contribution in [0.15, 0.2) is 4.52 Å². The zero-order valence-electron chi connectivity index (χ0n) is 6.39. The van der Waals surface area contributed by atoms with Crippen molar-refractivity contribution >= 4 is 5.78 Å². The van der Waals surface area contributed by atoms with Crippen molar-refractivity contribution in [3.8, 4) is 0 Å². The van der Waals surface area contributed by atoms with Crippen molar-refractivity contribution in [2.75, 3.05) is 0 Å². The number of aromatic nitrogens is 1. The molecule has 3 heteroatoms. The first-order valence-corrected chi connectivity index (χ1v) is 3.77. The number of ketones is 1. The van der Waals surface area contributed by atoms with E-state index < -0.39 is 0 Å². The maximum absolute atomic E-state index is 11.3. The van der Waals surface area contributed by atoms with Crippen LogP contribution in [-0.4, -0.2) is 10.9 Å². The first-order valence-electron chi connectivity index (χ1n) is 3.77. The number of hydrogen-bond acceptors (Lipinski definition) is 3. The van der Waals surface area contributed by atoms with Crippen LogP contribution in [0.5, 0.6) is 0 Å². The predicted octanol–water partition coefficient (Wildman–Crippen LogP) is 1.50. The number of hydrogen-bond donors (Lipinski definition) is 0. The second kappa shape index (κ2) is 2.19. The Morgan fingerprint density at radius 2 is 2.27 bits per heavy atom. The molecule has 0 saturated carbocycles. The molecule has 0 radical (unpaired) electrons. The Morgan fingerprint density at radius 3 is 3.00 bits per heavy atom. The highest BCUT2D eigenvalue weighted by Crippen LogP contribution is 2.23. The van der Waals surface area contributed by atoms with E-state index in [9.17, 15) is 4.79 Å². The molecule has 0 aromatic carbocycles. The molecule has 1 aliphatic carbocycles. The van der Waals surface area contributed by atoms with Gasteiger partial charge >= 0.3 is 0 Å². The predicted molar refractivity (Wildman–Crippen MR) is 38.5 cm³/mol. The fraction of sp³-hybridized carbons (Fsp3) is 0.500. The van der Waals surface area contributed by atoms with Gasteiger partial charge in [0.05, 0.1) is 11.3 Å². The lowest BCUT2D eigenvalue weighted by Gasteiger charge is -2.06. The second-order valence-corrected chi connectivity index (χ2v) is 2.84. The third-order valence-corrected chi connectivity index (χ3v) is 2.02. The number of fused-ring (bicyclic) bond motifs is 1. The van der Waals surface area contributed by atoms with Crippen LogP contribution in [0.25, 0.3) is 0 Å². The third kappa shape index (κ3) is 0.878. The molecular formula is C8H9NO2. The SMILES string of the molecule is Cc1noc2c1C(=O)CCC2. The lowest BCUT2D eigenvalue weighted by atomic mass is 9.96. The molecule has 1 aromatic heterocycles. The molecule has 3 nitrogen and oxygen atoms in total. The van der Waals surface area contributed by atoms with Gasteiger partial charge in [0, 0.05) is 12.8 Å². The fourth-order valence-electron chi connectivity index (χ4n) is 1.48. The van der Waals surface area contributed by atoms with E-state index in [-0.39, 0.29) is 5.78 Å². The molecule has 11 heavy (non-hydrogen) atoms. The Kier molecular flexibility index (Phi) is 1.31. The van der Waals surface area contributed by atoms with E-state index in [0.717, 1.165) is 29.9 Å². The van der Waals surface area contributed by atoms with Crippen LogP contribution in [-0.2, 0) is 6.42 Å². The van der Waals surface area contributed by atoms with E-state index >= 15 is 0 Å². The Hall–Kier alpha value is -1.12. The Labute approximate surface area is 64.4 Å². The van der Waals surface area contributed by atoms with Crippen molar-refractivity contribution < 1.29 is 9.32 Å². The maximum Gasteiger partial charge on any atom is 0.168 e. The number of carbonyl (C=O) groups is 1. The molecule has 0 spiro atoms. The van der Waals surface area contributed by atoms with Crippen LogP contribution in [0, 0.1) is 6.92 Å². The van der Waals surface area contributed by atoms with E-state index in [1.807, 2.05) is 6.92 Å². The van der Waals surface area contributed by atoms with Gasteiger partial charge in [-0.3, -0.25) is 4.79 Å². The number of rotatable bonds is 0. The number of Topliss-reactive ketones (excluding diaryl/α,β-unsaturated/α-hetero) is 1. The van der Waals surface area contributed by atoms with E-state index in [1.165, 1.54) is 0 Å². The molecule has 1 aliphatic rings. The molecule has 1 aromatic rings. The molecule has 0 saturated heterocycles. The molecule has 0 bridgehead atoms. The summed E-state index contributed by atoms with van der Waals surface area (Å²) in [7, 11) is 0. The first-order chi connectivity index (χ1) is 5.29. The van der Waals surface area contributed by atoms with Gasteiger partial charge in [-0.1, -0.05) is 5.16 Å². The maximum atomic E-state index is 11.3. The molecule has 0 amide bonds. The Bertz CT molecular complexity index is 301. The minimum absolute atomic E-state index is 0.185. The summed E-state index contributed by atoms with van der Waals surface area (Å²) in [6.45, 7) is 1.81. The topological polar surface area (TPSA) is 43.1 Å². The lowest BCUT2D eigenvalue weighted by Crippen LogP contribution is -2.09. The first kappa shape index (κ1) is 6.58. The van der Waals surface area contributed by atoms with Gasteiger partial charge in [-0.15, -0.1) is 0 Å². The molecule has 0 fully saturated rings. The van der Waals surface area contributed by atoms with Gasteiger partial charge in [0.2, 0.25) is 0 Å². The minimum atomic E-state index is 0.185. The van der Waals surface area contributed by atoms with Crippen molar-refractivity contribution in [2.24, 2.45) is 0 Å². The van der Waals surface area contributed by atoms with Gasteiger partial charge < -0.3 is 4.52 Å². The standard InChI is InChI=1S/C8H9NO2/c1-5-8-6(10)3-2-4-7(8)11-9-5/h2-4H2,1H3. The molecule has 1 heterocycles. The largest absolute Gasteiger partial charge is 0.360 e. The average molecular weight is 151 g/mol. The Balaban J connectivity index is 2.56. The van der Waals surface area contributed by atoms with Crippen LogP contribution in [0.2, 0.25) is 0 Å². The van der Waals surface area contributed by atoms with Gasteiger partial charge in [-0.2, -0.15) is 0 Å². The average Bonchev–Trinajstić information content (AvgIpc) is 2.34. The monoisotopic (exact) mass is 151 g/mol. The smallest absolute Gasteiger partial charge is 0.168 e. The quantitative estimate of drug-likeness (QED) is 0.564. The van der Waals surface area contributed by atoms with Gasteiger partial charge in [0.25, 0.3) is 0 Å². The van der Waals surface area contributed by atoms with Crippen molar-refractivity contribution in [2.45, 2.75) is 26.2 Å². The van der Waals surface area contributed by atoms with Gasteiger partial charge in [-0.05, 0) is 13.3 Å². The number of aryl methyl sites for hydroxylation is 2. The summed E-state index contributed by atoms with van der Waals surface area (Å²) in [5, 5.41) is 3.75. The summed E-state index contributed by atoms with van der Waals surface area (Å²) in [5.74, 6) is 0.962. The second-order valence-electron chi connectivity index (χ2n) is 2.84. The number of nitrogens with zero attached hydrogens (tertiary/aromatic N) is 1. The van der Waals surface area contributed by atoms with Crippen molar-refractivity contribution in [3.63, 3.8) is 0 Å². The highest BCUT2D eigenvalue weighted by atomic mass is 16.5. The summed E-state index contributed by atoms with van der Waals surface area (Å²) in [6, 6.07) is 0. The highest BCUT2D eigenvalue weighted by Gasteiger charge is 2.23. The van der Waals surface area contributed by atoms with E-state index in [1.54, 1.807) is 0 Å². The summed E-state index contributed by atoms with van der Waals surface area (Å²) in [4.78, 5) is 11.3. The van der Waals surface area contributed by atoms with Gasteiger partial charge in [0.1, 0.15) is 5.76 Å². The highest BCUT2D eigenvalue weighted by molar-refractivity contribution is 5.98. The van der Waals surface area contributed by atoms with Crippen LogP contribution >= 0.6 is 0 Å². The summed E-state index contributed by atoms with van der Waals surface area (Å²) in [5.41, 5.74) is 1.47. The van der Waals surface area contributed by atoms with E-state index in [2.05, 4.69) is 5.16 Å². The minimum Gasteiger partial charge on any atom is -0.360 e. The normalized spacial score (nSPS) is 16.6. The zero-order chi connectivity index (χ0) is 7.84. The van der Waals surface area contributed by atoms with Gasteiger partial charge in [0.15, 0.2) is 5.78 Å². The van der Waals surface area contributed by atoms with Crippen LogP contribution in [0.3, 0.4) is 0 Å². The molecule has 0 unspecified atom stereocenters. The Morgan fingerprint density at radius 1 is 1.45 bits per heavy atom. The van der Waals surface area contributed by atoms with Crippen molar-refractivity contribution in [3.05, 3.63) is 17.0 Å². The van der Waals surface area contributed by atoms with Crippen LogP contribution in [0.4, 0.5) is 0 Å². The third-order valence-electron chi connectivity index (χ3n) is 2.02. The molecule has 0 aliphatic heterocycles. The summed E-state index contributed by atoms with van der Waals surface area (Å²) < 4.78 is 4.99. The molecule has 0 atom stereocenters.